The van der Waals surface area contributed by atoms with Gasteiger partial charge in [-0.2, -0.15) is 13.2 Å². The summed E-state index contributed by atoms with van der Waals surface area (Å²) in [5.74, 6) is 1.96. The first-order chi connectivity index (χ1) is 20.5. The fourth-order valence-corrected chi connectivity index (χ4v) is 6.26. The molecule has 232 valence electrons. The minimum absolute atomic E-state index is 0.142. The standard InChI is InChI=1S/C30H35ClF4N6O2/c1-37-26-6-10-41(17-24(26)28(36)30(33,34)35)27(42)13-20-2-3-22(14-25(20)32)43-11-7-19-12-23(19)18-4-8-40(9-5-18)29-38-15-21(31)16-39-29/h2-3,14-16,18-19,23H,4-13,17,36H2,1H3/t19-,23?/m1/s1. The normalized spacial score (nSPS) is 23.4. The number of hydrogen-bond donors (Lipinski definition) is 1. The van der Waals surface area contributed by atoms with Crippen molar-refractivity contribution >= 4 is 29.2 Å². The van der Waals surface area contributed by atoms with Gasteiger partial charge in [-0.15, -0.1) is 0 Å². The fourth-order valence-electron chi connectivity index (χ4n) is 6.17. The number of benzene rings is 1. The number of aliphatic imine (C=N–C) groups is 1. The third kappa shape index (κ3) is 7.57. The number of hydrogen-bond acceptors (Lipinski definition) is 7. The molecule has 1 saturated carbocycles. The molecule has 1 aromatic carbocycles. The van der Waals surface area contributed by atoms with Gasteiger partial charge in [0, 0.05) is 57.0 Å². The zero-order valence-corrected chi connectivity index (χ0v) is 24.7. The second-order valence-corrected chi connectivity index (χ2v) is 11.8. The largest absolute Gasteiger partial charge is 0.493 e. The topological polar surface area (TPSA) is 96.9 Å². The Balaban J connectivity index is 1.06. The molecule has 5 rings (SSSR count). The Bertz CT molecular complexity index is 1380. The summed E-state index contributed by atoms with van der Waals surface area (Å²) in [6, 6.07) is 4.37. The van der Waals surface area contributed by atoms with Crippen molar-refractivity contribution in [3.05, 3.63) is 58.3 Å². The molecule has 43 heavy (non-hydrogen) atoms. The van der Waals surface area contributed by atoms with Crippen molar-refractivity contribution in [1.29, 1.82) is 0 Å². The summed E-state index contributed by atoms with van der Waals surface area (Å²) < 4.78 is 60.3. The van der Waals surface area contributed by atoms with E-state index >= 15 is 0 Å². The van der Waals surface area contributed by atoms with Crippen LogP contribution in [0.2, 0.25) is 5.02 Å². The molecule has 2 aromatic rings. The van der Waals surface area contributed by atoms with E-state index in [1.165, 1.54) is 30.5 Å². The fraction of sp³-hybridized carbons (Fsp3) is 0.533. The van der Waals surface area contributed by atoms with Gasteiger partial charge in [0.25, 0.3) is 0 Å². The number of anilines is 1. The van der Waals surface area contributed by atoms with Crippen molar-refractivity contribution in [2.75, 3.05) is 44.7 Å². The number of rotatable bonds is 8. The maximum Gasteiger partial charge on any atom is 0.431 e. The van der Waals surface area contributed by atoms with E-state index in [1.54, 1.807) is 18.5 Å². The first-order valence-electron chi connectivity index (χ1n) is 14.5. The quantitative estimate of drug-likeness (QED) is 0.406. The minimum Gasteiger partial charge on any atom is -0.493 e. The van der Waals surface area contributed by atoms with E-state index in [0.717, 1.165) is 38.3 Å². The maximum atomic E-state index is 14.9. The van der Waals surface area contributed by atoms with Gasteiger partial charge in [0.1, 0.15) is 17.3 Å². The van der Waals surface area contributed by atoms with Gasteiger partial charge in [-0.3, -0.25) is 9.79 Å². The number of ether oxygens (including phenoxy) is 1. The van der Waals surface area contributed by atoms with Crippen LogP contribution in [0.25, 0.3) is 0 Å². The molecule has 13 heteroatoms. The number of allylic oxidation sites excluding steroid dienone is 1. The maximum absolute atomic E-state index is 14.9. The van der Waals surface area contributed by atoms with Crippen LogP contribution in [0.15, 0.2) is 46.9 Å². The van der Waals surface area contributed by atoms with Gasteiger partial charge < -0.3 is 20.3 Å². The molecule has 8 nitrogen and oxygen atoms in total. The van der Waals surface area contributed by atoms with Crippen molar-refractivity contribution in [2.24, 2.45) is 28.5 Å². The van der Waals surface area contributed by atoms with Crippen molar-refractivity contribution < 1.29 is 27.1 Å². The summed E-state index contributed by atoms with van der Waals surface area (Å²) in [5.41, 5.74) is 4.24. The molecule has 2 saturated heterocycles. The summed E-state index contributed by atoms with van der Waals surface area (Å²) in [4.78, 5) is 28.9. The van der Waals surface area contributed by atoms with Crippen LogP contribution >= 0.6 is 11.6 Å². The van der Waals surface area contributed by atoms with E-state index in [9.17, 15) is 22.4 Å². The minimum atomic E-state index is -4.73. The van der Waals surface area contributed by atoms with E-state index in [-0.39, 0.29) is 42.8 Å². The summed E-state index contributed by atoms with van der Waals surface area (Å²) in [7, 11) is 1.39. The van der Waals surface area contributed by atoms with Crippen LogP contribution in [-0.2, 0) is 11.2 Å². The van der Waals surface area contributed by atoms with E-state index in [1.807, 2.05) is 0 Å². The number of carbonyl (C=O) groups excluding carboxylic acids is 1. The summed E-state index contributed by atoms with van der Waals surface area (Å²) in [6.45, 7) is 2.18. The average molecular weight is 623 g/mol. The average Bonchev–Trinajstić information content (AvgIpc) is 3.77. The van der Waals surface area contributed by atoms with Crippen molar-refractivity contribution in [2.45, 2.75) is 44.7 Å². The number of piperidine rings is 2. The molecule has 2 N–H and O–H groups in total. The molecule has 2 atom stereocenters. The Morgan fingerprint density at radius 1 is 1.19 bits per heavy atom. The van der Waals surface area contributed by atoms with Crippen molar-refractivity contribution in [3.8, 4) is 5.75 Å². The second-order valence-electron chi connectivity index (χ2n) is 11.4. The molecule has 1 unspecified atom stereocenters. The van der Waals surface area contributed by atoms with Crippen LogP contribution < -0.4 is 15.4 Å². The number of likely N-dealkylation sites (tertiary alicyclic amines) is 1. The van der Waals surface area contributed by atoms with Crippen LogP contribution in [0.5, 0.6) is 5.75 Å². The predicted molar refractivity (Wildman–Crippen MR) is 156 cm³/mol. The van der Waals surface area contributed by atoms with Gasteiger partial charge in [0.2, 0.25) is 11.9 Å². The van der Waals surface area contributed by atoms with Crippen LogP contribution in [0.4, 0.5) is 23.5 Å². The van der Waals surface area contributed by atoms with Gasteiger partial charge in [-0.05, 0) is 55.1 Å². The Morgan fingerprint density at radius 3 is 2.56 bits per heavy atom. The van der Waals surface area contributed by atoms with Crippen LogP contribution in [0, 0.1) is 23.6 Å². The highest BCUT2D eigenvalue weighted by Gasteiger charge is 2.43. The molecule has 0 bridgehead atoms. The summed E-state index contributed by atoms with van der Waals surface area (Å²) in [6.07, 6.45) is 2.62. The van der Waals surface area contributed by atoms with E-state index in [4.69, 9.17) is 22.1 Å². The van der Waals surface area contributed by atoms with Crippen LogP contribution in [0.1, 0.15) is 37.7 Å². The van der Waals surface area contributed by atoms with Crippen LogP contribution in [-0.4, -0.2) is 72.5 Å². The molecule has 1 aromatic heterocycles. The van der Waals surface area contributed by atoms with E-state index in [0.29, 0.717) is 35.1 Å². The lowest BCUT2D eigenvalue weighted by molar-refractivity contribution is -0.130. The first kappa shape index (κ1) is 31.0. The van der Waals surface area contributed by atoms with Gasteiger partial charge in [-0.25, -0.2) is 14.4 Å². The van der Waals surface area contributed by atoms with Crippen molar-refractivity contribution in [3.63, 3.8) is 0 Å². The number of carbonyl (C=O) groups is 1. The van der Waals surface area contributed by atoms with E-state index < -0.39 is 23.6 Å². The number of nitrogens with zero attached hydrogens (tertiary/aromatic N) is 5. The Morgan fingerprint density at radius 2 is 1.91 bits per heavy atom. The molecular formula is C30H35ClF4N6O2. The molecule has 3 fully saturated rings. The van der Waals surface area contributed by atoms with E-state index in [2.05, 4.69) is 19.9 Å². The zero-order valence-electron chi connectivity index (χ0n) is 23.9. The van der Waals surface area contributed by atoms with Crippen LogP contribution in [0.3, 0.4) is 0 Å². The molecule has 1 aliphatic carbocycles. The third-order valence-electron chi connectivity index (χ3n) is 8.70. The molecule has 3 heterocycles. The molecule has 2 aliphatic heterocycles. The third-order valence-corrected chi connectivity index (χ3v) is 8.90. The second kappa shape index (κ2) is 13.1. The van der Waals surface area contributed by atoms with Gasteiger partial charge in [0.15, 0.2) is 0 Å². The highest BCUT2D eigenvalue weighted by atomic mass is 35.5. The Kier molecular flexibility index (Phi) is 9.43. The number of nitrogens with two attached hydrogens (primary N) is 1. The van der Waals surface area contributed by atoms with Crippen molar-refractivity contribution in [1.82, 2.24) is 14.9 Å². The summed E-state index contributed by atoms with van der Waals surface area (Å²) >= 11 is 5.89. The molecule has 3 aliphatic rings. The SMILES string of the molecule is CN=C1CCN(C(=O)Cc2ccc(OCC[C@@H]3CC3C3CCN(c4ncc(Cl)cn4)CC3)cc2F)CC1=C(N)C(F)(F)F. The number of alkyl halides is 3. The van der Waals surface area contributed by atoms with Gasteiger partial charge in [-0.1, -0.05) is 17.7 Å². The monoisotopic (exact) mass is 622 g/mol. The Hall–Kier alpha value is -3.41. The lowest BCUT2D eigenvalue weighted by Crippen LogP contribution is -2.43. The number of aromatic nitrogens is 2. The number of halogens is 5. The Labute approximate surface area is 253 Å². The lowest BCUT2D eigenvalue weighted by Gasteiger charge is -2.32. The zero-order chi connectivity index (χ0) is 30.7. The predicted octanol–water partition coefficient (Wildman–Crippen LogP) is 5.21. The molecule has 0 radical (unpaired) electrons. The highest BCUT2D eigenvalue weighted by Crippen LogP contribution is 2.50. The highest BCUT2D eigenvalue weighted by molar-refractivity contribution is 6.30. The molecular weight excluding hydrogens is 588 g/mol. The smallest absolute Gasteiger partial charge is 0.431 e. The van der Waals surface area contributed by atoms with Gasteiger partial charge >= 0.3 is 6.18 Å². The molecule has 0 spiro atoms. The molecule has 1 amide bonds. The summed E-state index contributed by atoms with van der Waals surface area (Å²) in [5, 5.41) is 0.526. The lowest BCUT2D eigenvalue weighted by atomic mass is 9.90. The first-order valence-corrected chi connectivity index (χ1v) is 14.8. The number of amides is 1. The van der Waals surface area contributed by atoms with Gasteiger partial charge in [0.05, 0.1) is 30.4 Å².